The van der Waals surface area contributed by atoms with Gasteiger partial charge >= 0.3 is 0 Å². The van der Waals surface area contributed by atoms with Crippen LogP contribution in [0.3, 0.4) is 0 Å². The van der Waals surface area contributed by atoms with Crippen molar-refractivity contribution in [3.05, 3.63) is 137 Å². The van der Waals surface area contributed by atoms with Gasteiger partial charge in [-0.2, -0.15) is 0 Å². The lowest BCUT2D eigenvalue weighted by atomic mass is 9.82. The monoisotopic (exact) mass is 1150 g/mol. The first kappa shape index (κ1) is 59.2. The molecule has 5 N–H and O–H groups in total. The Morgan fingerprint density at radius 3 is 1.83 bits per heavy atom. The number of nitrogens with one attached hydrogen (secondary N) is 2. The number of unbranched alkanes of at least 4 members (excludes halogenated alkanes) is 2. The Bertz CT molecular complexity index is 3250. The van der Waals surface area contributed by atoms with E-state index < -0.39 is 31.9 Å². The van der Waals surface area contributed by atoms with Crippen molar-refractivity contribution in [2.75, 3.05) is 67.9 Å². The van der Waals surface area contributed by atoms with Gasteiger partial charge in [-0.25, -0.2) is 0 Å². The van der Waals surface area contributed by atoms with Crippen molar-refractivity contribution < 1.29 is 48.7 Å². The number of hydrogen-bond donors (Lipinski definition) is 5. The molecule has 6 atom stereocenters. The number of carbonyl (C=O) groups excluding carboxylic acids is 3. The number of ether oxygens (including phenoxy) is 4. The molecule has 10 rings (SSSR count). The lowest BCUT2D eigenvalue weighted by Crippen LogP contribution is -2.52. The Hall–Kier alpha value is -6.97. The number of carbonyl (C=O) groups is 3. The minimum atomic E-state index is -2.60. The molecule has 1 saturated heterocycles. The van der Waals surface area contributed by atoms with Crippen LogP contribution < -0.4 is 44.7 Å². The van der Waals surface area contributed by atoms with Crippen LogP contribution in [-0.4, -0.2) is 128 Å². The van der Waals surface area contributed by atoms with Crippen LogP contribution in [0, 0.1) is 5.92 Å². The molecule has 0 radical (unpaired) electrons. The van der Waals surface area contributed by atoms with Gasteiger partial charge in [-0.15, -0.1) is 5.10 Å². The second kappa shape index (κ2) is 25.9. The topological polar surface area (TPSA) is 213 Å². The van der Waals surface area contributed by atoms with E-state index in [9.17, 15) is 20.1 Å². The number of aliphatic hydroxyl groups is 3. The zero-order valence-electron chi connectivity index (χ0n) is 48.7. The second-order valence-electron chi connectivity index (χ2n) is 22.7. The maximum Gasteiger partial charge on any atom is 0.264 e. The second-order valence-corrected chi connectivity index (χ2v) is 27.4. The fraction of sp³-hybridized carbons (Fsp3) is 0.453. The molecule has 0 saturated carbocycles. The maximum absolute atomic E-state index is 16.3. The third-order valence-electron chi connectivity index (χ3n) is 17.3. The van der Waals surface area contributed by atoms with Crippen LogP contribution in [0.5, 0.6) is 17.2 Å². The van der Waals surface area contributed by atoms with Crippen molar-refractivity contribution in [2.45, 2.75) is 128 Å². The van der Waals surface area contributed by atoms with E-state index >= 15 is 9.59 Å². The van der Waals surface area contributed by atoms with E-state index in [1.165, 1.54) is 5.19 Å². The van der Waals surface area contributed by atoms with Crippen LogP contribution >= 0.6 is 0 Å². The molecular formula is C64H80N8O10Si. The van der Waals surface area contributed by atoms with Crippen LogP contribution in [0.2, 0.25) is 18.6 Å². The number of nitrogens with zero attached hydrogens (tertiary/aromatic N) is 6. The van der Waals surface area contributed by atoms with Crippen LogP contribution in [0.1, 0.15) is 80.8 Å². The van der Waals surface area contributed by atoms with E-state index in [1.807, 2.05) is 116 Å². The third kappa shape index (κ3) is 11.8. The predicted molar refractivity (Wildman–Crippen MR) is 322 cm³/mol. The van der Waals surface area contributed by atoms with Crippen LogP contribution in [0.4, 0.5) is 28.4 Å². The standard InChI is InChI=1S/C64H80N8O10Si/c1-7-80-50-20-25-56-44(35-50)37-54(65-29-9-11-32-73)61(76)71(56)47-15-13-43(14-16-47)40-70-58-24-17-48(72-57-26-21-51(81-8-2)36-45(57)38-55(62(72)77)66-30-10-12-33-74)39-53(58)64(63(70)78)42(3)60(83(5,6)52-22-18-49(79-4)19-23-52)59(82-64)27-31-69-41-46(28-34-75)67-68-69/h13-26,35-36,39,41-42,54-55,59-60,65-66,73-75H,7-12,27-34,37-38,40H2,1-6H3/t42-,54?,55?,59+,60-,64+/m1/s1. The summed E-state index contributed by atoms with van der Waals surface area (Å²) in [5.41, 5.74) is 5.98. The zero-order valence-corrected chi connectivity index (χ0v) is 49.7. The molecule has 19 heteroatoms. The smallest absolute Gasteiger partial charge is 0.264 e. The molecule has 18 nitrogen and oxygen atoms in total. The normalized spacial score (nSPS) is 21.2. The van der Waals surface area contributed by atoms with Gasteiger partial charge in [0.25, 0.3) is 5.91 Å². The van der Waals surface area contributed by atoms with E-state index in [2.05, 4.69) is 53.1 Å². The molecule has 5 heterocycles. The number of aliphatic hydroxyl groups excluding tert-OH is 3. The van der Waals surface area contributed by atoms with Crippen molar-refractivity contribution in [3.8, 4) is 17.2 Å². The number of methoxy groups -OCH3 is 1. The minimum absolute atomic E-state index is 0.0444. The Balaban J connectivity index is 1.06. The molecule has 440 valence electrons. The molecular weight excluding hydrogens is 1070 g/mol. The summed E-state index contributed by atoms with van der Waals surface area (Å²) in [5, 5.41) is 45.6. The summed E-state index contributed by atoms with van der Waals surface area (Å²) in [6, 6.07) is 32.6. The van der Waals surface area contributed by atoms with Gasteiger partial charge in [-0.05, 0) is 173 Å². The molecule has 6 aromatic rings. The first-order valence-corrected chi connectivity index (χ1v) is 32.6. The Kier molecular flexibility index (Phi) is 18.5. The van der Waals surface area contributed by atoms with Gasteiger partial charge in [0.1, 0.15) is 17.2 Å². The summed E-state index contributed by atoms with van der Waals surface area (Å²) >= 11 is 0. The lowest BCUT2D eigenvalue weighted by molar-refractivity contribution is -0.146. The highest BCUT2D eigenvalue weighted by Crippen LogP contribution is 2.61. The largest absolute Gasteiger partial charge is 0.497 e. The first-order chi connectivity index (χ1) is 40.3. The van der Waals surface area contributed by atoms with Gasteiger partial charge in [0, 0.05) is 61.8 Å². The molecule has 1 fully saturated rings. The highest BCUT2D eigenvalue weighted by atomic mass is 28.3. The molecule has 1 aromatic heterocycles. The molecule has 4 aliphatic heterocycles. The highest BCUT2D eigenvalue weighted by molar-refractivity contribution is 6.91. The van der Waals surface area contributed by atoms with E-state index in [-0.39, 0.29) is 55.5 Å². The fourth-order valence-corrected chi connectivity index (χ4v) is 17.2. The van der Waals surface area contributed by atoms with Crippen molar-refractivity contribution in [1.82, 2.24) is 25.6 Å². The summed E-state index contributed by atoms with van der Waals surface area (Å²) in [6.45, 7) is 13.6. The summed E-state index contributed by atoms with van der Waals surface area (Å²) in [7, 11) is -0.942. The highest BCUT2D eigenvalue weighted by Gasteiger charge is 2.66. The average Bonchev–Trinajstić information content (AvgIpc) is 2.83. The van der Waals surface area contributed by atoms with Crippen molar-refractivity contribution in [1.29, 1.82) is 0 Å². The number of benzene rings is 5. The van der Waals surface area contributed by atoms with Crippen LogP contribution in [0.15, 0.2) is 109 Å². The Labute approximate surface area is 487 Å². The van der Waals surface area contributed by atoms with Gasteiger partial charge in [0.2, 0.25) is 11.8 Å². The van der Waals surface area contributed by atoms with Gasteiger partial charge in [-0.1, -0.05) is 54.7 Å². The van der Waals surface area contributed by atoms with E-state index in [0.717, 1.165) is 46.0 Å². The van der Waals surface area contributed by atoms with E-state index in [0.29, 0.717) is 112 Å². The molecule has 83 heavy (non-hydrogen) atoms. The van der Waals surface area contributed by atoms with E-state index in [1.54, 1.807) is 21.6 Å². The zero-order chi connectivity index (χ0) is 58.4. The SMILES string of the molecule is CCOc1ccc2c(c1)CC(NCCCCO)C(=O)N2c1ccc(CN2C(=O)[C@@]3(O[C@@H](CCn4cc(CCO)nn4)[C@H]([Si](C)(C)c4ccc(OC)cc4)[C@H]3C)c3cc(N4C(=O)C(NCCCCO)Cc5cc(OCC)ccc54)ccc32)cc1. The molecule has 0 aliphatic carbocycles. The number of fused-ring (bicyclic) bond motifs is 4. The third-order valence-corrected chi connectivity index (χ3v) is 21.6. The molecule has 0 bridgehead atoms. The number of hydrogen-bond acceptors (Lipinski definition) is 14. The van der Waals surface area contributed by atoms with Gasteiger partial charge in [0.15, 0.2) is 5.60 Å². The molecule has 2 unspecified atom stereocenters. The van der Waals surface area contributed by atoms with Crippen molar-refractivity contribution in [3.63, 3.8) is 0 Å². The molecule has 3 amide bonds. The quantitative estimate of drug-likeness (QED) is 0.0265. The first-order valence-electron chi connectivity index (χ1n) is 29.5. The summed E-state index contributed by atoms with van der Waals surface area (Å²) in [6.07, 6.45) is 5.95. The molecule has 1 spiro atoms. The summed E-state index contributed by atoms with van der Waals surface area (Å²) in [5.74, 6) is 1.41. The van der Waals surface area contributed by atoms with Gasteiger partial charge in [0.05, 0.1) is 75.9 Å². The minimum Gasteiger partial charge on any atom is -0.497 e. The Morgan fingerprint density at radius 1 is 0.699 bits per heavy atom. The van der Waals surface area contributed by atoms with Gasteiger partial charge in [-0.3, -0.25) is 28.9 Å². The number of anilines is 5. The van der Waals surface area contributed by atoms with E-state index in [4.69, 9.17) is 18.9 Å². The number of rotatable bonds is 26. The number of amides is 3. The number of aryl methyl sites for hydroxylation is 1. The fourth-order valence-electron chi connectivity index (χ4n) is 13.2. The van der Waals surface area contributed by atoms with Crippen molar-refractivity contribution in [2.24, 2.45) is 5.92 Å². The lowest BCUT2D eigenvalue weighted by Gasteiger charge is -2.37. The van der Waals surface area contributed by atoms with Crippen molar-refractivity contribution >= 4 is 59.4 Å². The van der Waals surface area contributed by atoms with Gasteiger partial charge < -0.3 is 49.8 Å². The summed E-state index contributed by atoms with van der Waals surface area (Å²) < 4.78 is 26.9. The molecule has 4 aliphatic rings. The predicted octanol–water partition coefficient (Wildman–Crippen LogP) is 7.38. The Morgan fingerprint density at radius 2 is 1.27 bits per heavy atom. The number of aromatic nitrogens is 3. The summed E-state index contributed by atoms with van der Waals surface area (Å²) in [4.78, 5) is 51.3. The molecule has 5 aromatic carbocycles. The maximum atomic E-state index is 16.3. The van der Waals surface area contributed by atoms with Crippen LogP contribution in [0.25, 0.3) is 0 Å². The van der Waals surface area contributed by atoms with Crippen LogP contribution in [-0.2, 0) is 57.1 Å². The average molecular weight is 1150 g/mol.